The Hall–Kier alpha value is -0.840. The maximum absolute atomic E-state index is 12.0. The first-order valence-electron chi connectivity index (χ1n) is 7.15. The van der Waals surface area contributed by atoms with Gasteiger partial charge in [0.05, 0.1) is 11.9 Å². The van der Waals surface area contributed by atoms with Crippen LogP contribution in [-0.2, 0) is 6.54 Å². The lowest BCUT2D eigenvalue weighted by Gasteiger charge is -2.24. The Morgan fingerprint density at radius 3 is 2.89 bits per heavy atom. The van der Waals surface area contributed by atoms with Crippen LogP contribution < -0.4 is 10.9 Å². The molecule has 2 unspecified atom stereocenters. The van der Waals surface area contributed by atoms with E-state index in [9.17, 15) is 4.79 Å². The molecule has 2 rings (SSSR count). The second kappa shape index (κ2) is 6.55. The van der Waals surface area contributed by atoms with Gasteiger partial charge in [0.15, 0.2) is 0 Å². The molecule has 0 radical (unpaired) electrons. The first-order chi connectivity index (χ1) is 9.13. The van der Waals surface area contributed by atoms with Crippen LogP contribution >= 0.6 is 15.9 Å². The molecule has 1 aliphatic carbocycles. The zero-order chi connectivity index (χ0) is 13.8. The highest BCUT2D eigenvalue weighted by Gasteiger charge is 2.21. The Balaban J connectivity index is 2.18. The fraction of sp³-hybridized carbons (Fsp3) is 0.714. The molecule has 5 heteroatoms. The summed E-state index contributed by atoms with van der Waals surface area (Å²) >= 11 is 3.40. The predicted molar refractivity (Wildman–Crippen MR) is 81.5 cm³/mol. The summed E-state index contributed by atoms with van der Waals surface area (Å²) in [6.45, 7) is 4.80. The summed E-state index contributed by atoms with van der Waals surface area (Å²) in [5.74, 6) is 0.642. The topological polar surface area (TPSA) is 46.9 Å². The number of rotatable bonds is 3. The average Bonchev–Trinajstić information content (AvgIpc) is 2.61. The van der Waals surface area contributed by atoms with Crippen LogP contribution in [0, 0.1) is 5.92 Å². The van der Waals surface area contributed by atoms with E-state index in [4.69, 9.17) is 0 Å². The molecule has 4 nitrogen and oxygen atoms in total. The molecule has 2 atom stereocenters. The van der Waals surface area contributed by atoms with Gasteiger partial charge < -0.3 is 5.32 Å². The summed E-state index contributed by atoms with van der Waals surface area (Å²) in [4.78, 5) is 12.0. The lowest BCUT2D eigenvalue weighted by Crippen LogP contribution is -2.29. The molecule has 1 saturated carbocycles. The van der Waals surface area contributed by atoms with E-state index in [1.807, 2.05) is 6.92 Å². The number of hydrogen-bond donors (Lipinski definition) is 1. The van der Waals surface area contributed by atoms with Gasteiger partial charge in [-0.15, -0.1) is 0 Å². The molecule has 19 heavy (non-hydrogen) atoms. The van der Waals surface area contributed by atoms with Gasteiger partial charge in [0.25, 0.3) is 5.56 Å². The number of aromatic nitrogens is 2. The summed E-state index contributed by atoms with van der Waals surface area (Å²) in [5, 5.41) is 7.69. The van der Waals surface area contributed by atoms with E-state index in [2.05, 4.69) is 33.3 Å². The van der Waals surface area contributed by atoms with Crippen LogP contribution in [0.2, 0.25) is 0 Å². The maximum atomic E-state index is 12.0. The molecule has 1 aromatic heterocycles. The third kappa shape index (κ3) is 3.38. The van der Waals surface area contributed by atoms with E-state index in [0.717, 1.165) is 5.69 Å². The van der Waals surface area contributed by atoms with E-state index >= 15 is 0 Å². The number of nitrogens with zero attached hydrogens (tertiary/aromatic N) is 2. The van der Waals surface area contributed by atoms with E-state index in [1.165, 1.54) is 36.8 Å². The lowest BCUT2D eigenvalue weighted by molar-refractivity contribution is 0.456. The molecule has 0 aliphatic heterocycles. The minimum Gasteiger partial charge on any atom is -0.380 e. The standard InChI is InChI=1S/C14H22BrN3O/c1-3-18-14(19)13(15)12(9-16-18)17-11-8-6-4-5-7-10(11)2/h9-11,17H,3-8H2,1-2H3. The number of nitrogens with one attached hydrogen (secondary N) is 1. The second-order valence-electron chi connectivity index (χ2n) is 5.36. The molecule has 0 saturated heterocycles. The number of halogens is 1. The van der Waals surface area contributed by atoms with Crippen LogP contribution in [-0.4, -0.2) is 15.8 Å². The molecule has 0 aromatic carbocycles. The molecule has 1 N–H and O–H groups in total. The smallest absolute Gasteiger partial charge is 0.283 e. The fourth-order valence-corrected chi connectivity index (χ4v) is 3.12. The van der Waals surface area contributed by atoms with Crippen molar-refractivity contribution in [2.75, 3.05) is 5.32 Å². The number of aryl methyl sites for hydroxylation is 1. The highest BCUT2D eigenvalue weighted by atomic mass is 79.9. The van der Waals surface area contributed by atoms with Gasteiger partial charge in [0, 0.05) is 12.6 Å². The summed E-state index contributed by atoms with van der Waals surface area (Å²) in [6.07, 6.45) is 8.08. The minimum absolute atomic E-state index is 0.0613. The van der Waals surface area contributed by atoms with Crippen molar-refractivity contribution < 1.29 is 0 Å². The molecule has 0 amide bonds. The van der Waals surface area contributed by atoms with Crippen molar-refractivity contribution in [3.05, 3.63) is 21.0 Å². The summed E-state index contributed by atoms with van der Waals surface area (Å²) in [6, 6.07) is 0.442. The van der Waals surface area contributed by atoms with Gasteiger partial charge in [-0.25, -0.2) is 4.68 Å². The highest BCUT2D eigenvalue weighted by Crippen LogP contribution is 2.27. The van der Waals surface area contributed by atoms with Crippen LogP contribution in [0.5, 0.6) is 0 Å². The van der Waals surface area contributed by atoms with E-state index in [0.29, 0.717) is 23.0 Å². The Morgan fingerprint density at radius 1 is 1.42 bits per heavy atom. The molecule has 0 spiro atoms. The summed E-state index contributed by atoms with van der Waals surface area (Å²) < 4.78 is 2.06. The summed E-state index contributed by atoms with van der Waals surface area (Å²) in [5.41, 5.74) is 0.766. The van der Waals surface area contributed by atoms with Crippen LogP contribution in [0.3, 0.4) is 0 Å². The number of anilines is 1. The van der Waals surface area contributed by atoms with Gasteiger partial charge in [-0.05, 0) is 41.6 Å². The SMILES string of the molecule is CCn1ncc(NC2CCCCCC2C)c(Br)c1=O. The highest BCUT2D eigenvalue weighted by molar-refractivity contribution is 9.10. The van der Waals surface area contributed by atoms with Gasteiger partial charge in [0.1, 0.15) is 4.47 Å². The van der Waals surface area contributed by atoms with Gasteiger partial charge in [0.2, 0.25) is 0 Å². The van der Waals surface area contributed by atoms with Crippen molar-refractivity contribution in [3.8, 4) is 0 Å². The van der Waals surface area contributed by atoms with Crippen molar-refractivity contribution in [3.63, 3.8) is 0 Å². The van der Waals surface area contributed by atoms with Gasteiger partial charge >= 0.3 is 0 Å². The van der Waals surface area contributed by atoms with Gasteiger partial charge in [-0.2, -0.15) is 5.10 Å². The Labute approximate surface area is 122 Å². The first-order valence-corrected chi connectivity index (χ1v) is 7.95. The van der Waals surface area contributed by atoms with E-state index in [1.54, 1.807) is 6.20 Å². The number of hydrogen-bond acceptors (Lipinski definition) is 3. The quantitative estimate of drug-likeness (QED) is 0.865. The lowest BCUT2D eigenvalue weighted by atomic mass is 9.97. The zero-order valence-corrected chi connectivity index (χ0v) is 13.2. The first kappa shape index (κ1) is 14.6. The van der Waals surface area contributed by atoms with Crippen molar-refractivity contribution in [1.29, 1.82) is 0 Å². The van der Waals surface area contributed by atoms with Crippen LogP contribution in [0.15, 0.2) is 15.5 Å². The second-order valence-corrected chi connectivity index (χ2v) is 6.15. The van der Waals surface area contributed by atoms with Crippen molar-refractivity contribution in [2.24, 2.45) is 5.92 Å². The van der Waals surface area contributed by atoms with E-state index in [-0.39, 0.29) is 5.56 Å². The van der Waals surface area contributed by atoms with E-state index < -0.39 is 0 Å². The van der Waals surface area contributed by atoms with Gasteiger partial charge in [-0.1, -0.05) is 26.2 Å². The average molecular weight is 328 g/mol. The molecule has 1 heterocycles. The van der Waals surface area contributed by atoms with Crippen LogP contribution in [0.25, 0.3) is 0 Å². The maximum Gasteiger partial charge on any atom is 0.283 e. The van der Waals surface area contributed by atoms with Crippen LogP contribution in [0.4, 0.5) is 5.69 Å². The molecule has 106 valence electrons. The molecular weight excluding hydrogens is 306 g/mol. The molecule has 1 aromatic rings. The zero-order valence-electron chi connectivity index (χ0n) is 11.7. The van der Waals surface area contributed by atoms with Crippen LogP contribution in [0.1, 0.15) is 46.0 Å². The molecule has 1 aliphatic rings. The van der Waals surface area contributed by atoms with Crippen molar-refractivity contribution >= 4 is 21.6 Å². The largest absolute Gasteiger partial charge is 0.380 e. The third-order valence-electron chi connectivity index (χ3n) is 3.99. The summed E-state index contributed by atoms with van der Waals surface area (Å²) in [7, 11) is 0. The minimum atomic E-state index is -0.0613. The fourth-order valence-electron chi connectivity index (χ4n) is 2.70. The molecule has 0 bridgehead atoms. The Morgan fingerprint density at radius 2 is 2.16 bits per heavy atom. The Kier molecular flexibility index (Phi) is 5.02. The monoisotopic (exact) mass is 327 g/mol. The Bertz CT molecular complexity index is 486. The predicted octanol–water partition coefficient (Wildman–Crippen LogP) is 3.41. The van der Waals surface area contributed by atoms with Crippen molar-refractivity contribution in [1.82, 2.24) is 9.78 Å². The normalized spacial score (nSPS) is 23.9. The van der Waals surface area contributed by atoms with Gasteiger partial charge in [-0.3, -0.25) is 4.79 Å². The molecular formula is C14H22BrN3O. The molecule has 1 fully saturated rings. The van der Waals surface area contributed by atoms with Crippen molar-refractivity contribution in [2.45, 2.75) is 58.5 Å². The third-order valence-corrected chi connectivity index (χ3v) is 4.75.